The molecule has 12 atom stereocenters. The Bertz CT molecular complexity index is 1680. The van der Waals surface area contributed by atoms with Gasteiger partial charge in [0.15, 0.2) is 12.6 Å². The number of ether oxygens (including phenoxy) is 4. The number of hydrogen-bond donors (Lipinski definition) is 9. The van der Waals surface area contributed by atoms with Crippen molar-refractivity contribution in [2.24, 2.45) is 0 Å². The van der Waals surface area contributed by atoms with Gasteiger partial charge in [-0.1, -0.05) is 247 Å². The highest BCUT2D eigenvalue weighted by atomic mass is 16.7. The van der Waals surface area contributed by atoms with Crippen LogP contribution in [0.25, 0.3) is 0 Å². The zero-order chi connectivity index (χ0) is 58.8. The number of allylic oxidation sites excluding steroid dienone is 13. The number of amides is 1. The van der Waals surface area contributed by atoms with Crippen molar-refractivity contribution in [2.75, 3.05) is 19.8 Å². The average Bonchev–Trinajstić information content (AvgIpc) is 3.47. The maximum absolute atomic E-state index is 13.3. The molecule has 2 heterocycles. The highest BCUT2D eigenvalue weighted by molar-refractivity contribution is 5.76. The second kappa shape index (κ2) is 51.6. The number of carbonyl (C=O) groups is 1. The second-order valence-corrected chi connectivity index (χ2v) is 22.5. The van der Waals surface area contributed by atoms with Gasteiger partial charge in [-0.15, -0.1) is 0 Å². The topological polar surface area (TPSA) is 228 Å². The third-order valence-corrected chi connectivity index (χ3v) is 15.3. The molecule has 14 heteroatoms. The smallest absolute Gasteiger partial charge is 0.220 e. The summed E-state index contributed by atoms with van der Waals surface area (Å²) in [7, 11) is 0. The zero-order valence-corrected chi connectivity index (χ0v) is 50.5. The molecule has 0 spiro atoms. The quantitative estimate of drug-likeness (QED) is 0.0204. The molecule has 0 aromatic rings. The maximum atomic E-state index is 13.3. The van der Waals surface area contributed by atoms with E-state index in [0.717, 1.165) is 70.6 Å². The van der Waals surface area contributed by atoms with Gasteiger partial charge in [0.1, 0.15) is 48.8 Å². The van der Waals surface area contributed by atoms with E-state index in [1.807, 2.05) is 6.08 Å². The second-order valence-electron chi connectivity index (χ2n) is 22.5. The van der Waals surface area contributed by atoms with Gasteiger partial charge in [-0.05, 0) is 70.6 Å². The fourth-order valence-electron chi connectivity index (χ4n) is 10.2. The van der Waals surface area contributed by atoms with Gasteiger partial charge in [0, 0.05) is 6.42 Å². The molecule has 0 aliphatic carbocycles. The molecule has 0 bridgehead atoms. The Morgan fingerprint density at radius 3 is 1.31 bits per heavy atom. The summed E-state index contributed by atoms with van der Waals surface area (Å²) in [6, 6.07) is -0.945. The van der Waals surface area contributed by atoms with E-state index in [0.29, 0.717) is 6.42 Å². The SMILES string of the molecule is CC/C=C\C/C=C\C/C=C\C/C=C\C/C=C\C/C=C\CCCCC(=O)NC(COC1OC(CO)C(OC2OC(CO)C(O)C(O)C2O)C(O)C1O)C(O)/C=C/CCCCCCCCCCCCCCCCCCCCCCCCCC. The van der Waals surface area contributed by atoms with Gasteiger partial charge in [0.2, 0.25) is 5.91 Å². The fourth-order valence-corrected chi connectivity index (χ4v) is 10.2. The van der Waals surface area contributed by atoms with Crippen LogP contribution in [0.4, 0.5) is 0 Å². The van der Waals surface area contributed by atoms with Gasteiger partial charge >= 0.3 is 0 Å². The van der Waals surface area contributed by atoms with Gasteiger partial charge in [0.05, 0.1) is 32.0 Å². The Morgan fingerprint density at radius 1 is 0.457 bits per heavy atom. The number of aliphatic hydroxyl groups excluding tert-OH is 8. The van der Waals surface area contributed by atoms with Crippen LogP contribution in [-0.2, 0) is 23.7 Å². The molecular formula is C67H117NO13. The number of unbranched alkanes of at least 4 members (excludes halogenated alkanes) is 26. The number of aliphatic hydroxyl groups is 8. The van der Waals surface area contributed by atoms with E-state index in [2.05, 4.69) is 92.1 Å². The molecule has 1 amide bonds. The van der Waals surface area contributed by atoms with Gasteiger partial charge in [-0.3, -0.25) is 4.79 Å². The third kappa shape index (κ3) is 36.6. The van der Waals surface area contributed by atoms with Gasteiger partial charge in [-0.2, -0.15) is 0 Å². The molecule has 2 aliphatic rings. The van der Waals surface area contributed by atoms with Gasteiger partial charge < -0.3 is 65.1 Å². The lowest BCUT2D eigenvalue weighted by molar-refractivity contribution is -0.359. The van der Waals surface area contributed by atoms with Crippen molar-refractivity contribution in [1.82, 2.24) is 5.32 Å². The van der Waals surface area contributed by atoms with E-state index in [-0.39, 0.29) is 18.9 Å². The van der Waals surface area contributed by atoms with Crippen molar-refractivity contribution in [3.63, 3.8) is 0 Å². The lowest BCUT2D eigenvalue weighted by Gasteiger charge is -2.46. The molecule has 14 nitrogen and oxygen atoms in total. The fraction of sp³-hybridized carbons (Fsp3) is 0.776. The lowest BCUT2D eigenvalue weighted by atomic mass is 9.97. The summed E-state index contributed by atoms with van der Waals surface area (Å²) in [4.78, 5) is 13.3. The van der Waals surface area contributed by atoms with Gasteiger partial charge in [0.25, 0.3) is 0 Å². The number of rotatable bonds is 51. The molecular weight excluding hydrogens is 1030 g/mol. The van der Waals surface area contributed by atoms with Crippen molar-refractivity contribution in [3.8, 4) is 0 Å². The van der Waals surface area contributed by atoms with Crippen molar-refractivity contribution in [2.45, 2.75) is 312 Å². The van der Waals surface area contributed by atoms with Crippen molar-refractivity contribution < 1.29 is 64.6 Å². The average molecular weight is 1140 g/mol. The summed E-state index contributed by atoms with van der Waals surface area (Å²) in [6.07, 6.45) is 53.4. The van der Waals surface area contributed by atoms with Crippen LogP contribution in [0.15, 0.2) is 85.1 Å². The Kier molecular flexibility index (Phi) is 47.3. The van der Waals surface area contributed by atoms with Crippen molar-refractivity contribution in [3.05, 3.63) is 85.1 Å². The number of hydrogen-bond acceptors (Lipinski definition) is 13. The van der Waals surface area contributed by atoms with Crippen LogP contribution in [-0.4, -0.2) is 140 Å². The van der Waals surface area contributed by atoms with E-state index < -0.39 is 86.8 Å². The minimum atomic E-state index is -1.80. The van der Waals surface area contributed by atoms with Crippen molar-refractivity contribution in [1.29, 1.82) is 0 Å². The zero-order valence-electron chi connectivity index (χ0n) is 50.5. The molecule has 2 fully saturated rings. The van der Waals surface area contributed by atoms with E-state index >= 15 is 0 Å². The molecule has 2 rings (SSSR count). The summed E-state index contributed by atoms with van der Waals surface area (Å²) in [5.41, 5.74) is 0. The van der Waals surface area contributed by atoms with Crippen LogP contribution in [0.2, 0.25) is 0 Å². The summed E-state index contributed by atoms with van der Waals surface area (Å²) < 4.78 is 22.8. The minimum absolute atomic E-state index is 0.222. The molecule has 81 heavy (non-hydrogen) atoms. The van der Waals surface area contributed by atoms with Gasteiger partial charge in [-0.25, -0.2) is 0 Å². The Labute approximate surface area is 491 Å². The van der Waals surface area contributed by atoms with Crippen LogP contribution < -0.4 is 5.32 Å². The molecule has 12 unspecified atom stereocenters. The molecule has 9 N–H and O–H groups in total. The predicted molar refractivity (Wildman–Crippen MR) is 327 cm³/mol. The molecule has 2 aliphatic heterocycles. The Morgan fingerprint density at radius 2 is 0.852 bits per heavy atom. The van der Waals surface area contributed by atoms with Crippen LogP contribution >= 0.6 is 0 Å². The van der Waals surface area contributed by atoms with Crippen LogP contribution in [0, 0.1) is 0 Å². The van der Waals surface area contributed by atoms with E-state index in [9.17, 15) is 45.6 Å². The summed E-state index contributed by atoms with van der Waals surface area (Å²) >= 11 is 0. The Balaban J connectivity index is 1.75. The molecule has 0 aromatic heterocycles. The third-order valence-electron chi connectivity index (χ3n) is 15.3. The molecule has 2 saturated heterocycles. The first-order valence-electron chi connectivity index (χ1n) is 32.3. The summed E-state index contributed by atoms with van der Waals surface area (Å²) in [5, 5.41) is 87.2. The van der Waals surface area contributed by atoms with E-state index in [1.165, 1.54) is 141 Å². The monoisotopic (exact) mass is 1140 g/mol. The molecule has 0 radical (unpaired) electrons. The standard InChI is InChI=1S/C67H117NO13/c1-3-5-7-9-11-13-15-17-19-21-23-25-26-27-28-29-31-32-34-36-38-40-42-44-46-48-50-56(71)55(54-78-66-64(77)62(75)65(58(53-70)80-66)81-67-63(76)61(74)60(73)57(52-69)79-67)68-59(72)51-49-47-45-43-41-39-37-35-33-30-24-22-20-18-16-14-12-10-8-6-4-2/h6,8,12,14,18,20,24,30,35,37,41,43,48,50,55-58,60-67,69-71,73-77H,3-5,7,9-11,13,15-17,19,21-23,25-29,31-34,36,38-40,42,44-47,49,51-54H2,1-2H3,(H,68,72)/b8-6-,14-12-,20-18-,30-24-,37-35-,43-41-,50-48+. The number of nitrogens with one attached hydrogen (secondary N) is 1. The Hall–Kier alpha value is -2.83. The largest absolute Gasteiger partial charge is 0.394 e. The molecule has 0 saturated carbocycles. The number of carbonyl (C=O) groups excluding carboxylic acids is 1. The van der Waals surface area contributed by atoms with Crippen LogP contribution in [0.5, 0.6) is 0 Å². The lowest BCUT2D eigenvalue weighted by Crippen LogP contribution is -2.65. The predicted octanol–water partition coefficient (Wildman–Crippen LogP) is 12.1. The van der Waals surface area contributed by atoms with Crippen LogP contribution in [0.1, 0.15) is 239 Å². The maximum Gasteiger partial charge on any atom is 0.220 e. The molecule has 0 aromatic carbocycles. The van der Waals surface area contributed by atoms with Crippen molar-refractivity contribution >= 4 is 5.91 Å². The summed E-state index contributed by atoms with van der Waals surface area (Å²) in [6.45, 7) is 2.67. The van der Waals surface area contributed by atoms with Crippen LogP contribution in [0.3, 0.4) is 0 Å². The first kappa shape index (κ1) is 74.3. The minimum Gasteiger partial charge on any atom is -0.394 e. The first-order valence-corrected chi connectivity index (χ1v) is 32.3. The first-order chi connectivity index (χ1) is 39.6. The highest BCUT2D eigenvalue weighted by Gasteiger charge is 2.51. The molecule has 468 valence electrons. The van der Waals surface area contributed by atoms with E-state index in [1.54, 1.807) is 6.08 Å². The summed E-state index contributed by atoms with van der Waals surface area (Å²) in [5.74, 6) is -0.282. The van der Waals surface area contributed by atoms with E-state index in [4.69, 9.17) is 18.9 Å². The normalized spacial score (nSPS) is 24.7. The highest BCUT2D eigenvalue weighted by Crippen LogP contribution is 2.30.